The highest BCUT2D eigenvalue weighted by Crippen LogP contribution is 2.19. The summed E-state index contributed by atoms with van der Waals surface area (Å²) in [6.07, 6.45) is 0. The van der Waals surface area contributed by atoms with Gasteiger partial charge < -0.3 is 15.5 Å². The van der Waals surface area contributed by atoms with Crippen LogP contribution >= 0.6 is 0 Å². The molecule has 96 valence electrons. The van der Waals surface area contributed by atoms with Crippen LogP contribution in [0.3, 0.4) is 0 Å². The Balaban J connectivity index is 2.24. The second kappa shape index (κ2) is 4.46. The molecule has 0 aliphatic carbocycles. The Morgan fingerprint density at radius 2 is 2.06 bits per heavy atom. The smallest absolute Gasteiger partial charge is 0.287 e. The quantitative estimate of drug-likeness (QED) is 0.873. The van der Waals surface area contributed by atoms with Crippen LogP contribution in [0.15, 0.2) is 34.7 Å². The summed E-state index contributed by atoms with van der Waals surface area (Å²) in [4.78, 5) is 12.1. The highest BCUT2D eigenvalue weighted by Gasteiger charge is 2.26. The lowest BCUT2D eigenvalue weighted by Gasteiger charge is -2.29. The number of carbonyl (C=O) groups is 1. The number of fused-ring (bicyclic) bond motifs is 1. The van der Waals surface area contributed by atoms with Gasteiger partial charge in [-0.15, -0.1) is 0 Å². The Bertz CT molecular complexity index is 537. The average Bonchev–Trinajstić information content (AvgIpc) is 2.71. The van der Waals surface area contributed by atoms with Gasteiger partial charge in [0.1, 0.15) is 5.58 Å². The number of furan rings is 1. The molecule has 0 aliphatic rings. The molecule has 0 bridgehead atoms. The molecule has 0 fully saturated rings. The molecule has 1 aromatic heterocycles. The highest BCUT2D eigenvalue weighted by molar-refractivity contribution is 5.96. The van der Waals surface area contributed by atoms with Crippen molar-refractivity contribution in [3.8, 4) is 0 Å². The van der Waals surface area contributed by atoms with E-state index < -0.39 is 5.54 Å². The van der Waals surface area contributed by atoms with Crippen LogP contribution in [-0.2, 0) is 0 Å². The van der Waals surface area contributed by atoms with E-state index >= 15 is 0 Å². The van der Waals surface area contributed by atoms with Gasteiger partial charge in [-0.1, -0.05) is 18.2 Å². The molecule has 1 aromatic carbocycles. The number of nitrogens with two attached hydrogens (primary N) is 1. The van der Waals surface area contributed by atoms with Gasteiger partial charge in [-0.25, -0.2) is 0 Å². The van der Waals surface area contributed by atoms with Crippen LogP contribution in [-0.4, -0.2) is 17.5 Å². The first kappa shape index (κ1) is 12.6. The summed E-state index contributed by atoms with van der Waals surface area (Å²) in [5, 5.41) is 3.79. The summed E-state index contributed by atoms with van der Waals surface area (Å²) < 4.78 is 5.50. The fourth-order valence-corrected chi connectivity index (χ4v) is 1.56. The third-order valence-corrected chi connectivity index (χ3v) is 3.22. The molecule has 3 N–H and O–H groups in total. The van der Waals surface area contributed by atoms with E-state index in [1.54, 1.807) is 6.07 Å². The van der Waals surface area contributed by atoms with Gasteiger partial charge in [0.05, 0.1) is 0 Å². The Hall–Kier alpha value is -1.81. The third kappa shape index (κ3) is 2.38. The zero-order valence-electron chi connectivity index (χ0n) is 10.9. The second-order valence-electron chi connectivity index (χ2n) is 5.11. The van der Waals surface area contributed by atoms with E-state index in [-0.39, 0.29) is 11.9 Å². The van der Waals surface area contributed by atoms with Crippen LogP contribution in [0.2, 0.25) is 0 Å². The molecule has 2 rings (SSSR count). The van der Waals surface area contributed by atoms with E-state index in [1.165, 1.54) is 0 Å². The lowest BCUT2D eigenvalue weighted by Crippen LogP contribution is -2.54. The number of rotatable bonds is 3. The molecule has 1 unspecified atom stereocenters. The first-order chi connectivity index (χ1) is 8.40. The van der Waals surface area contributed by atoms with Crippen LogP contribution in [0.1, 0.15) is 31.3 Å². The molecule has 18 heavy (non-hydrogen) atoms. The molecule has 4 nitrogen and oxygen atoms in total. The SMILES string of the molecule is CC(N)C(C)(C)NC(=O)c1cc2ccccc2o1. The number of nitrogens with one attached hydrogen (secondary N) is 1. The molecule has 0 saturated heterocycles. The van der Waals surface area contributed by atoms with Crippen LogP contribution in [0, 0.1) is 0 Å². The predicted molar refractivity (Wildman–Crippen MR) is 71.4 cm³/mol. The molecule has 1 heterocycles. The maximum atomic E-state index is 12.1. The topological polar surface area (TPSA) is 68.3 Å². The monoisotopic (exact) mass is 246 g/mol. The van der Waals surface area contributed by atoms with Crippen LogP contribution < -0.4 is 11.1 Å². The third-order valence-electron chi connectivity index (χ3n) is 3.22. The van der Waals surface area contributed by atoms with E-state index in [2.05, 4.69) is 5.32 Å². The minimum atomic E-state index is -0.476. The second-order valence-corrected chi connectivity index (χ2v) is 5.11. The van der Waals surface area contributed by atoms with Crippen molar-refractivity contribution >= 4 is 16.9 Å². The number of hydrogen-bond donors (Lipinski definition) is 2. The average molecular weight is 246 g/mol. The van der Waals surface area contributed by atoms with Crippen LogP contribution in [0.5, 0.6) is 0 Å². The number of benzene rings is 1. The molecule has 0 spiro atoms. The summed E-state index contributed by atoms with van der Waals surface area (Å²) in [5.74, 6) is 0.0680. The van der Waals surface area contributed by atoms with E-state index in [4.69, 9.17) is 10.2 Å². The van der Waals surface area contributed by atoms with E-state index in [9.17, 15) is 4.79 Å². The first-order valence-corrected chi connectivity index (χ1v) is 5.97. The lowest BCUT2D eigenvalue weighted by molar-refractivity contribution is 0.0877. The normalized spacial score (nSPS) is 13.6. The maximum Gasteiger partial charge on any atom is 0.287 e. The number of hydrogen-bond acceptors (Lipinski definition) is 3. The minimum absolute atomic E-state index is 0.147. The Kier molecular flexibility index (Phi) is 3.13. The van der Waals surface area contributed by atoms with Crippen molar-refractivity contribution in [1.29, 1.82) is 0 Å². The number of amides is 1. The van der Waals surface area contributed by atoms with Gasteiger partial charge in [0.15, 0.2) is 5.76 Å². The number of para-hydroxylation sites is 1. The zero-order valence-corrected chi connectivity index (χ0v) is 10.9. The highest BCUT2D eigenvalue weighted by atomic mass is 16.3. The summed E-state index contributed by atoms with van der Waals surface area (Å²) in [5.41, 5.74) is 6.06. The van der Waals surface area contributed by atoms with E-state index in [0.29, 0.717) is 11.3 Å². The van der Waals surface area contributed by atoms with Gasteiger partial charge in [0.25, 0.3) is 5.91 Å². The summed E-state index contributed by atoms with van der Waals surface area (Å²) in [7, 11) is 0. The van der Waals surface area contributed by atoms with Crippen LogP contribution in [0.25, 0.3) is 11.0 Å². The van der Waals surface area contributed by atoms with Crippen molar-refractivity contribution in [1.82, 2.24) is 5.32 Å². The molecule has 4 heteroatoms. The Morgan fingerprint density at radius 3 is 2.67 bits per heavy atom. The van der Waals surface area contributed by atoms with Crippen molar-refractivity contribution in [3.05, 3.63) is 36.1 Å². The van der Waals surface area contributed by atoms with Crippen molar-refractivity contribution in [3.63, 3.8) is 0 Å². The van der Waals surface area contributed by atoms with Crippen molar-refractivity contribution in [2.45, 2.75) is 32.4 Å². The lowest BCUT2D eigenvalue weighted by atomic mass is 9.97. The largest absolute Gasteiger partial charge is 0.451 e. The molecule has 0 radical (unpaired) electrons. The first-order valence-electron chi connectivity index (χ1n) is 5.97. The molecule has 1 atom stereocenters. The van der Waals surface area contributed by atoms with Gasteiger partial charge in [-0.2, -0.15) is 0 Å². The van der Waals surface area contributed by atoms with Gasteiger partial charge in [0, 0.05) is 17.0 Å². The molecular formula is C14H18N2O2. The Labute approximate surface area is 106 Å². The van der Waals surface area contributed by atoms with Gasteiger partial charge in [-0.3, -0.25) is 4.79 Å². The predicted octanol–water partition coefficient (Wildman–Crippen LogP) is 2.29. The molecule has 0 saturated carbocycles. The minimum Gasteiger partial charge on any atom is -0.451 e. The molecule has 2 aromatic rings. The molecular weight excluding hydrogens is 228 g/mol. The van der Waals surface area contributed by atoms with Gasteiger partial charge >= 0.3 is 0 Å². The van der Waals surface area contributed by atoms with E-state index in [0.717, 1.165) is 5.39 Å². The van der Waals surface area contributed by atoms with Crippen molar-refractivity contribution in [2.24, 2.45) is 5.73 Å². The van der Waals surface area contributed by atoms with Crippen molar-refractivity contribution in [2.75, 3.05) is 0 Å². The molecule has 0 aliphatic heterocycles. The summed E-state index contributed by atoms with van der Waals surface area (Å²) in [6, 6.07) is 9.12. The number of carbonyl (C=O) groups excluding carboxylic acids is 1. The summed E-state index contributed by atoms with van der Waals surface area (Å²) >= 11 is 0. The zero-order chi connectivity index (χ0) is 13.3. The van der Waals surface area contributed by atoms with Gasteiger partial charge in [-0.05, 0) is 32.9 Å². The summed E-state index contributed by atoms with van der Waals surface area (Å²) in [6.45, 7) is 5.63. The molecule has 1 amide bonds. The fourth-order valence-electron chi connectivity index (χ4n) is 1.56. The van der Waals surface area contributed by atoms with Crippen LogP contribution in [0.4, 0.5) is 0 Å². The maximum absolute atomic E-state index is 12.1. The fraction of sp³-hybridized carbons (Fsp3) is 0.357. The van der Waals surface area contributed by atoms with Gasteiger partial charge in [0.2, 0.25) is 0 Å². The standard InChI is InChI=1S/C14H18N2O2/c1-9(15)14(2,3)16-13(17)12-8-10-6-4-5-7-11(10)18-12/h4-9H,15H2,1-3H3,(H,16,17). The van der Waals surface area contributed by atoms with Crippen molar-refractivity contribution < 1.29 is 9.21 Å². The Morgan fingerprint density at radius 1 is 1.39 bits per heavy atom. The van der Waals surface area contributed by atoms with E-state index in [1.807, 2.05) is 45.0 Å².